The fourth-order valence-electron chi connectivity index (χ4n) is 1.95. The van der Waals surface area contributed by atoms with E-state index in [4.69, 9.17) is 4.74 Å². The molecule has 2 N–H and O–H groups in total. The topological polar surface area (TPSA) is 58.6 Å². The predicted octanol–water partition coefficient (Wildman–Crippen LogP) is 3.61. The minimum absolute atomic E-state index is 0.149. The van der Waals surface area contributed by atoms with Crippen LogP contribution in [0.2, 0.25) is 0 Å². The van der Waals surface area contributed by atoms with Crippen LogP contribution < -0.4 is 10.1 Å². The molecular formula is C17H15F4NO3. The number of hydrogen-bond donors (Lipinski definition) is 2. The molecule has 4 nitrogen and oxygen atoms in total. The summed E-state index contributed by atoms with van der Waals surface area (Å²) in [6.45, 7) is 0.237. The average Bonchev–Trinajstić information content (AvgIpc) is 2.52. The van der Waals surface area contributed by atoms with Gasteiger partial charge in [0, 0.05) is 5.69 Å². The summed E-state index contributed by atoms with van der Waals surface area (Å²) in [5.74, 6) is -0.917. The molecule has 0 heterocycles. The Labute approximate surface area is 141 Å². The average molecular weight is 357 g/mol. The molecule has 25 heavy (non-hydrogen) atoms. The van der Waals surface area contributed by atoms with E-state index in [1.54, 1.807) is 0 Å². The monoisotopic (exact) mass is 357 g/mol. The standard InChI is InChI=1S/C17H15F4NO3/c1-16(24,17(19,20)21)11-5-7-14(8-6-11)25-10-15(23)22-13-4-2-3-12(18)9-13/h2-9,24H,10H2,1H3,(H,22,23)/t16-/m0/s1. The van der Waals surface area contributed by atoms with E-state index >= 15 is 0 Å². The number of nitrogens with one attached hydrogen (secondary N) is 1. The summed E-state index contributed by atoms with van der Waals surface area (Å²) in [6, 6.07) is 9.83. The Kier molecular flexibility index (Phi) is 5.32. The normalized spacial score (nSPS) is 13.8. The number of carbonyl (C=O) groups excluding carboxylic acids is 1. The van der Waals surface area contributed by atoms with Gasteiger partial charge in [0.25, 0.3) is 5.91 Å². The van der Waals surface area contributed by atoms with Crippen molar-refractivity contribution < 1.29 is 32.2 Å². The molecule has 134 valence electrons. The van der Waals surface area contributed by atoms with Gasteiger partial charge in [0.1, 0.15) is 11.6 Å². The Bertz CT molecular complexity index is 742. The van der Waals surface area contributed by atoms with Crippen molar-refractivity contribution in [3.63, 3.8) is 0 Å². The lowest BCUT2D eigenvalue weighted by molar-refractivity contribution is -0.258. The Morgan fingerprint density at radius 2 is 1.80 bits per heavy atom. The third-order valence-corrected chi connectivity index (χ3v) is 3.45. The molecule has 0 aliphatic carbocycles. The summed E-state index contributed by atoms with van der Waals surface area (Å²) in [5.41, 5.74) is -3.08. The smallest absolute Gasteiger partial charge is 0.421 e. The van der Waals surface area contributed by atoms with Crippen molar-refractivity contribution >= 4 is 11.6 Å². The second-order valence-corrected chi connectivity index (χ2v) is 5.44. The third-order valence-electron chi connectivity index (χ3n) is 3.45. The van der Waals surface area contributed by atoms with Crippen LogP contribution >= 0.6 is 0 Å². The molecule has 1 amide bonds. The summed E-state index contributed by atoms with van der Waals surface area (Å²) in [6.07, 6.45) is -4.82. The highest BCUT2D eigenvalue weighted by Gasteiger charge is 2.51. The quantitative estimate of drug-likeness (QED) is 0.804. The molecule has 0 radical (unpaired) electrons. The minimum atomic E-state index is -4.82. The van der Waals surface area contributed by atoms with Gasteiger partial charge in [-0.05, 0) is 42.8 Å². The van der Waals surface area contributed by atoms with Gasteiger partial charge in [-0.1, -0.05) is 18.2 Å². The van der Waals surface area contributed by atoms with E-state index in [9.17, 15) is 27.5 Å². The third kappa shape index (κ3) is 4.69. The van der Waals surface area contributed by atoms with Crippen molar-refractivity contribution in [3.05, 3.63) is 59.9 Å². The first-order valence-electron chi connectivity index (χ1n) is 7.17. The van der Waals surface area contributed by atoms with Crippen LogP contribution in [0, 0.1) is 5.82 Å². The zero-order valence-electron chi connectivity index (χ0n) is 13.1. The summed E-state index contributed by atoms with van der Waals surface area (Å²) < 4.78 is 56.4. The molecule has 0 saturated carbocycles. The molecule has 2 aromatic rings. The van der Waals surface area contributed by atoms with Crippen LogP contribution in [0.5, 0.6) is 5.75 Å². The van der Waals surface area contributed by atoms with E-state index in [2.05, 4.69) is 5.32 Å². The molecule has 0 bridgehead atoms. The number of hydrogen-bond acceptors (Lipinski definition) is 3. The molecule has 8 heteroatoms. The molecule has 0 saturated heterocycles. The van der Waals surface area contributed by atoms with Crippen LogP contribution in [0.15, 0.2) is 48.5 Å². The molecule has 1 atom stereocenters. The summed E-state index contributed by atoms with van der Waals surface area (Å²) in [5, 5.41) is 12.0. The maximum atomic E-state index is 13.0. The summed E-state index contributed by atoms with van der Waals surface area (Å²) in [4.78, 5) is 11.7. The Hall–Kier alpha value is -2.61. The van der Waals surface area contributed by atoms with Crippen molar-refractivity contribution in [2.24, 2.45) is 0 Å². The van der Waals surface area contributed by atoms with Gasteiger partial charge < -0.3 is 15.2 Å². The molecule has 2 rings (SSSR count). The number of alkyl halides is 3. The summed E-state index contributed by atoms with van der Waals surface area (Å²) in [7, 11) is 0. The van der Waals surface area contributed by atoms with Crippen LogP contribution in [-0.2, 0) is 10.4 Å². The van der Waals surface area contributed by atoms with E-state index < -0.39 is 30.1 Å². The van der Waals surface area contributed by atoms with Gasteiger partial charge >= 0.3 is 6.18 Å². The Balaban J connectivity index is 1.94. The SMILES string of the molecule is C[C@](O)(c1ccc(OCC(=O)Nc2cccc(F)c2)cc1)C(F)(F)F. The molecule has 0 fully saturated rings. The van der Waals surface area contributed by atoms with Crippen molar-refractivity contribution in [1.82, 2.24) is 0 Å². The van der Waals surface area contributed by atoms with E-state index in [0.717, 1.165) is 18.2 Å². The fourth-order valence-corrected chi connectivity index (χ4v) is 1.95. The second kappa shape index (κ2) is 7.10. The van der Waals surface area contributed by atoms with Crippen molar-refractivity contribution in [2.75, 3.05) is 11.9 Å². The molecule has 0 aliphatic heterocycles. The first-order valence-corrected chi connectivity index (χ1v) is 7.17. The van der Waals surface area contributed by atoms with Crippen LogP contribution in [0.1, 0.15) is 12.5 Å². The lowest BCUT2D eigenvalue weighted by atomic mass is 9.95. The van der Waals surface area contributed by atoms with Gasteiger partial charge in [-0.25, -0.2) is 4.39 Å². The molecule has 0 aromatic heterocycles. The lowest BCUT2D eigenvalue weighted by Crippen LogP contribution is -2.39. The number of aliphatic hydroxyl groups is 1. The van der Waals surface area contributed by atoms with Crippen LogP contribution in [0.3, 0.4) is 0 Å². The van der Waals surface area contributed by atoms with E-state index in [1.165, 1.54) is 30.3 Å². The zero-order valence-corrected chi connectivity index (χ0v) is 13.1. The van der Waals surface area contributed by atoms with Crippen LogP contribution in [0.4, 0.5) is 23.2 Å². The second-order valence-electron chi connectivity index (χ2n) is 5.44. The number of anilines is 1. The zero-order chi connectivity index (χ0) is 18.7. The lowest BCUT2D eigenvalue weighted by Gasteiger charge is -2.26. The minimum Gasteiger partial charge on any atom is -0.484 e. The van der Waals surface area contributed by atoms with Crippen LogP contribution in [-0.4, -0.2) is 23.8 Å². The number of ether oxygens (including phenoxy) is 1. The van der Waals surface area contributed by atoms with Gasteiger partial charge in [-0.3, -0.25) is 4.79 Å². The number of benzene rings is 2. The maximum Gasteiger partial charge on any atom is 0.421 e. The highest BCUT2D eigenvalue weighted by atomic mass is 19.4. The first-order chi connectivity index (χ1) is 11.6. The summed E-state index contributed by atoms with van der Waals surface area (Å²) >= 11 is 0. The fraction of sp³-hybridized carbons (Fsp3) is 0.235. The molecule has 0 unspecified atom stereocenters. The van der Waals surface area contributed by atoms with E-state index in [0.29, 0.717) is 6.92 Å². The van der Waals surface area contributed by atoms with Gasteiger partial charge in [-0.15, -0.1) is 0 Å². The van der Waals surface area contributed by atoms with Crippen LogP contribution in [0.25, 0.3) is 0 Å². The van der Waals surface area contributed by atoms with E-state index in [-0.39, 0.29) is 17.0 Å². The largest absolute Gasteiger partial charge is 0.484 e. The van der Waals surface area contributed by atoms with Gasteiger partial charge in [0.05, 0.1) is 0 Å². The number of carbonyl (C=O) groups is 1. The number of halogens is 4. The van der Waals surface area contributed by atoms with Crippen molar-refractivity contribution in [2.45, 2.75) is 18.7 Å². The number of rotatable bonds is 5. The Morgan fingerprint density at radius 1 is 1.16 bits per heavy atom. The highest BCUT2D eigenvalue weighted by molar-refractivity contribution is 5.91. The Morgan fingerprint density at radius 3 is 2.36 bits per heavy atom. The highest BCUT2D eigenvalue weighted by Crippen LogP contribution is 2.38. The van der Waals surface area contributed by atoms with E-state index in [1.807, 2.05) is 0 Å². The molecule has 0 aliphatic rings. The predicted molar refractivity (Wildman–Crippen MR) is 82.6 cm³/mol. The van der Waals surface area contributed by atoms with Crippen molar-refractivity contribution in [1.29, 1.82) is 0 Å². The number of amides is 1. The molecule has 0 spiro atoms. The van der Waals surface area contributed by atoms with Gasteiger partial charge in [0.15, 0.2) is 12.2 Å². The molecular weight excluding hydrogens is 342 g/mol. The maximum absolute atomic E-state index is 13.0. The first kappa shape index (κ1) is 18.7. The van der Waals surface area contributed by atoms with Gasteiger partial charge in [-0.2, -0.15) is 13.2 Å². The van der Waals surface area contributed by atoms with Gasteiger partial charge in [0.2, 0.25) is 0 Å². The van der Waals surface area contributed by atoms with Crippen molar-refractivity contribution in [3.8, 4) is 5.75 Å². The molecule has 2 aromatic carbocycles.